The summed E-state index contributed by atoms with van der Waals surface area (Å²) in [4.78, 5) is 0.856. The van der Waals surface area contributed by atoms with Gasteiger partial charge in [0.2, 0.25) is 0 Å². The van der Waals surface area contributed by atoms with Crippen LogP contribution in [0.3, 0.4) is 0 Å². The molecule has 1 rings (SSSR count). The van der Waals surface area contributed by atoms with Crippen LogP contribution in [-0.2, 0) is 16.1 Å². The van der Waals surface area contributed by atoms with Crippen LogP contribution in [0.2, 0.25) is 18.1 Å². The van der Waals surface area contributed by atoms with Crippen LogP contribution in [0.5, 0.6) is 0 Å². The molecule has 108 valence electrons. The maximum Gasteiger partial charge on any atom is 0.193 e. The van der Waals surface area contributed by atoms with Gasteiger partial charge in [-0.3, -0.25) is 4.03 Å². The van der Waals surface area contributed by atoms with Gasteiger partial charge >= 0.3 is 0 Å². The van der Waals surface area contributed by atoms with Crippen molar-refractivity contribution < 1.29 is 4.21 Å². The monoisotopic (exact) mass is 297 g/mol. The van der Waals surface area contributed by atoms with Crippen molar-refractivity contribution in [3.8, 4) is 0 Å². The molecule has 1 aromatic rings. The fourth-order valence-corrected chi connectivity index (χ4v) is 7.24. The van der Waals surface area contributed by atoms with Gasteiger partial charge < -0.3 is 0 Å². The van der Waals surface area contributed by atoms with E-state index in [0.29, 0.717) is 0 Å². The Balaban J connectivity index is 3.26. The second-order valence-corrected chi connectivity index (χ2v) is 14.1. The van der Waals surface area contributed by atoms with Gasteiger partial charge in [-0.25, -0.2) is 4.21 Å². The third-order valence-electron chi connectivity index (χ3n) is 4.01. The minimum absolute atomic E-state index is 0.120. The van der Waals surface area contributed by atoms with Gasteiger partial charge in [-0.05, 0) is 42.2 Å². The van der Waals surface area contributed by atoms with Crippen molar-refractivity contribution in [1.29, 1.82) is 0 Å². The molecule has 0 amide bonds. The summed E-state index contributed by atoms with van der Waals surface area (Å²) >= 11 is 0. The van der Waals surface area contributed by atoms with Crippen molar-refractivity contribution in [1.82, 2.24) is 0 Å². The van der Waals surface area contributed by atoms with Crippen LogP contribution in [0.1, 0.15) is 33.3 Å². The molecule has 0 N–H and O–H groups in total. The van der Waals surface area contributed by atoms with Crippen LogP contribution in [0.4, 0.5) is 0 Å². The normalized spacial score (nSPS) is 15.9. The lowest BCUT2D eigenvalue weighted by atomic mass is 10.2. The average Bonchev–Trinajstić information content (AvgIpc) is 2.26. The molecular weight excluding hydrogens is 270 g/mol. The van der Waals surface area contributed by atoms with E-state index in [-0.39, 0.29) is 5.04 Å². The number of nitrogens with zero attached hydrogens (tertiary/aromatic N) is 1. The standard InChI is InChI=1S/C15H27NOSSi/c1-8-13-9-11-14(12-10-13)18(5,17)16-19(6,7)15(2,3)4/h9-12H,8H2,1-7H3. The van der Waals surface area contributed by atoms with Gasteiger partial charge in [-0.1, -0.05) is 39.8 Å². The highest BCUT2D eigenvalue weighted by Gasteiger charge is 2.37. The molecule has 4 heteroatoms. The first-order valence-corrected chi connectivity index (χ1v) is 11.7. The van der Waals surface area contributed by atoms with Gasteiger partial charge in [0.15, 0.2) is 8.24 Å². The predicted molar refractivity (Wildman–Crippen MR) is 87.8 cm³/mol. The Kier molecular flexibility index (Phi) is 4.68. The lowest BCUT2D eigenvalue weighted by molar-refractivity contribution is 0.678. The first-order valence-electron chi connectivity index (χ1n) is 6.82. The predicted octanol–water partition coefficient (Wildman–Crippen LogP) is 4.71. The van der Waals surface area contributed by atoms with E-state index in [4.69, 9.17) is 4.03 Å². The largest absolute Gasteiger partial charge is 0.274 e. The number of rotatable bonds is 3. The molecule has 0 spiro atoms. The van der Waals surface area contributed by atoms with E-state index in [1.165, 1.54) is 5.56 Å². The van der Waals surface area contributed by atoms with Crippen LogP contribution in [-0.4, -0.2) is 18.7 Å². The Bertz CT molecular complexity index is 547. The van der Waals surface area contributed by atoms with Crippen molar-refractivity contribution in [2.45, 2.75) is 57.1 Å². The average molecular weight is 298 g/mol. The number of benzene rings is 1. The molecule has 0 saturated carbocycles. The number of aryl methyl sites for hydroxylation is 1. The summed E-state index contributed by atoms with van der Waals surface area (Å²) < 4.78 is 17.7. The van der Waals surface area contributed by atoms with E-state index >= 15 is 0 Å². The second-order valence-electron chi connectivity index (χ2n) is 6.70. The van der Waals surface area contributed by atoms with Gasteiger partial charge in [0.25, 0.3) is 0 Å². The van der Waals surface area contributed by atoms with Crippen molar-refractivity contribution in [3.05, 3.63) is 29.8 Å². The van der Waals surface area contributed by atoms with E-state index in [9.17, 15) is 4.21 Å². The summed E-state index contributed by atoms with van der Waals surface area (Å²) in [6.07, 6.45) is 2.78. The Labute approximate surface area is 119 Å². The van der Waals surface area contributed by atoms with E-state index in [2.05, 4.69) is 52.9 Å². The molecule has 0 bridgehead atoms. The summed E-state index contributed by atoms with van der Waals surface area (Å²) in [5.41, 5.74) is 1.27. The molecule has 0 fully saturated rings. The fourth-order valence-electron chi connectivity index (χ4n) is 1.60. The molecule has 19 heavy (non-hydrogen) atoms. The van der Waals surface area contributed by atoms with Gasteiger partial charge in [-0.2, -0.15) is 0 Å². The second kappa shape index (κ2) is 5.41. The summed E-state index contributed by atoms with van der Waals surface area (Å²) in [7, 11) is -4.18. The van der Waals surface area contributed by atoms with Gasteiger partial charge in [0.05, 0.1) is 9.73 Å². The molecule has 0 aliphatic carbocycles. The van der Waals surface area contributed by atoms with Crippen LogP contribution in [0.25, 0.3) is 0 Å². The molecule has 0 heterocycles. The van der Waals surface area contributed by atoms with E-state index in [1.807, 2.05) is 12.1 Å². The Morgan fingerprint density at radius 2 is 1.63 bits per heavy atom. The maximum absolute atomic E-state index is 12.9. The van der Waals surface area contributed by atoms with E-state index < -0.39 is 18.0 Å². The molecule has 0 aromatic heterocycles. The molecule has 0 saturated heterocycles. The molecule has 0 aliphatic heterocycles. The zero-order valence-corrected chi connectivity index (χ0v) is 15.1. The van der Waals surface area contributed by atoms with Crippen molar-refractivity contribution in [3.63, 3.8) is 0 Å². The van der Waals surface area contributed by atoms with Crippen LogP contribution in [0.15, 0.2) is 33.2 Å². The Morgan fingerprint density at radius 1 is 1.16 bits per heavy atom. The Hall–Kier alpha value is -0.613. The maximum atomic E-state index is 12.9. The van der Waals surface area contributed by atoms with Crippen LogP contribution >= 0.6 is 0 Å². The minimum Gasteiger partial charge on any atom is -0.274 e. The fraction of sp³-hybridized carbons (Fsp3) is 0.600. The van der Waals surface area contributed by atoms with Crippen molar-refractivity contribution in [2.24, 2.45) is 4.03 Å². The lowest BCUT2D eigenvalue weighted by Crippen LogP contribution is -2.36. The third kappa shape index (κ3) is 3.92. The summed E-state index contributed by atoms with van der Waals surface area (Å²) in [6.45, 7) is 13.1. The molecule has 1 atom stereocenters. The molecule has 1 aromatic carbocycles. The van der Waals surface area contributed by atoms with Crippen LogP contribution in [0, 0.1) is 0 Å². The highest BCUT2D eigenvalue weighted by molar-refractivity contribution is 7.93. The van der Waals surface area contributed by atoms with Gasteiger partial charge in [0, 0.05) is 11.2 Å². The lowest BCUT2D eigenvalue weighted by Gasteiger charge is -2.33. The zero-order valence-electron chi connectivity index (χ0n) is 13.3. The smallest absolute Gasteiger partial charge is 0.193 e. The first kappa shape index (κ1) is 16.4. The number of hydrogen-bond donors (Lipinski definition) is 0. The molecule has 0 radical (unpaired) electrons. The zero-order chi connectivity index (χ0) is 14.9. The molecule has 0 aliphatic rings. The highest BCUT2D eigenvalue weighted by Crippen LogP contribution is 2.38. The summed E-state index contributed by atoms with van der Waals surface area (Å²) in [6, 6.07) is 8.05. The first-order chi connectivity index (χ1) is 8.49. The van der Waals surface area contributed by atoms with E-state index in [0.717, 1.165) is 11.3 Å². The highest BCUT2D eigenvalue weighted by atomic mass is 32.2. The summed E-state index contributed by atoms with van der Waals surface area (Å²) in [5, 5.41) is 0.120. The van der Waals surface area contributed by atoms with E-state index in [1.54, 1.807) is 6.26 Å². The van der Waals surface area contributed by atoms with Crippen molar-refractivity contribution in [2.75, 3.05) is 6.26 Å². The van der Waals surface area contributed by atoms with Crippen molar-refractivity contribution >= 4 is 18.0 Å². The summed E-state index contributed by atoms with van der Waals surface area (Å²) in [5.74, 6) is 0. The topological polar surface area (TPSA) is 29.4 Å². The minimum atomic E-state index is -2.29. The molecule has 2 nitrogen and oxygen atoms in total. The molecular formula is C15H27NOSSi. The van der Waals surface area contributed by atoms with Crippen LogP contribution < -0.4 is 0 Å². The Morgan fingerprint density at radius 3 is 2.00 bits per heavy atom. The third-order valence-corrected chi connectivity index (χ3v) is 12.0. The SMILES string of the molecule is CCc1ccc(S(C)(=O)=N[Si](C)(C)C(C)(C)C)cc1. The quantitative estimate of drug-likeness (QED) is 0.743. The van der Waals surface area contributed by atoms with Gasteiger partial charge in [0.1, 0.15) is 0 Å². The number of hydrogen-bond acceptors (Lipinski definition) is 2. The van der Waals surface area contributed by atoms with Gasteiger partial charge in [-0.15, -0.1) is 0 Å². The molecule has 1 unspecified atom stereocenters.